The number of aliphatic imine (C=N–C) groups is 1. The van der Waals surface area contributed by atoms with Crippen LogP contribution in [0, 0.1) is 24.5 Å². The van der Waals surface area contributed by atoms with Gasteiger partial charge in [0.25, 0.3) is 23.3 Å². The van der Waals surface area contributed by atoms with E-state index in [4.69, 9.17) is 14.3 Å². The van der Waals surface area contributed by atoms with Gasteiger partial charge in [0.2, 0.25) is 5.91 Å². The Hall–Kier alpha value is -7.56. The largest absolute Gasteiger partial charge is 0.476 e. The minimum Gasteiger partial charge on any atom is -0.476 e. The van der Waals surface area contributed by atoms with Crippen LogP contribution in [-0.4, -0.2) is 99.8 Å². The van der Waals surface area contributed by atoms with Crippen LogP contribution in [0.4, 0.5) is 20.3 Å². The first-order valence-corrected chi connectivity index (χ1v) is 28.2. The third-order valence-corrected chi connectivity index (χ3v) is 16.4. The first-order chi connectivity index (χ1) is 36.7. The number of aromatic nitrogens is 4. The number of nitrogens with one attached hydrogen (secondary N) is 3. The first kappa shape index (κ1) is 52.9. The summed E-state index contributed by atoms with van der Waals surface area (Å²) >= 11 is 1.65. The zero-order valence-electron chi connectivity index (χ0n) is 43.1. The van der Waals surface area contributed by atoms with Crippen molar-refractivity contribution in [3.05, 3.63) is 134 Å². The quantitative estimate of drug-likeness (QED) is 0.0648. The number of amidine groups is 1. The Morgan fingerprint density at radius 3 is 2.56 bits per heavy atom. The molecule has 1 fully saturated rings. The van der Waals surface area contributed by atoms with E-state index in [-0.39, 0.29) is 95.7 Å². The van der Waals surface area contributed by atoms with Gasteiger partial charge in [0.15, 0.2) is 32.8 Å². The fraction of sp³-hybridized carbons (Fsp3) is 0.364. The average molecular weight is 1090 g/mol. The second kappa shape index (κ2) is 20.8. The molecule has 0 bridgehead atoms. The number of benzene rings is 2. The zero-order valence-corrected chi connectivity index (χ0v) is 44.8. The fourth-order valence-corrected chi connectivity index (χ4v) is 12.4. The Kier molecular flexibility index (Phi) is 14.3. The third kappa shape index (κ3) is 10.3. The van der Waals surface area contributed by atoms with E-state index in [0.29, 0.717) is 58.8 Å². The maximum absolute atomic E-state index is 15.6. The maximum atomic E-state index is 15.6. The Morgan fingerprint density at radius 2 is 1.84 bits per heavy atom. The van der Waals surface area contributed by atoms with E-state index < -0.39 is 56.7 Å². The Balaban J connectivity index is 0.783. The van der Waals surface area contributed by atoms with E-state index in [1.165, 1.54) is 21.1 Å². The van der Waals surface area contributed by atoms with E-state index >= 15 is 4.39 Å². The number of rotatable bonds is 17. The summed E-state index contributed by atoms with van der Waals surface area (Å²) in [6.45, 7) is 7.99. The summed E-state index contributed by atoms with van der Waals surface area (Å²) in [5, 5.41) is 23.4. The van der Waals surface area contributed by atoms with E-state index in [0.717, 1.165) is 22.9 Å². The van der Waals surface area contributed by atoms with Crippen LogP contribution in [0.1, 0.15) is 90.7 Å². The summed E-state index contributed by atoms with van der Waals surface area (Å²) in [4.78, 5) is 71.5. The van der Waals surface area contributed by atoms with E-state index in [9.17, 15) is 37.1 Å². The number of aliphatic hydroxyl groups excluding tert-OH is 1. The number of unbranched alkanes of at least 4 members (excludes halogenated alkanes) is 2. The van der Waals surface area contributed by atoms with Crippen LogP contribution in [0.15, 0.2) is 92.9 Å². The number of likely N-dealkylation sites (tertiary alicyclic amines) is 1. The van der Waals surface area contributed by atoms with Crippen LogP contribution in [-0.2, 0) is 44.3 Å². The number of aryl methyl sites for hydroxylation is 2. The van der Waals surface area contributed by atoms with Gasteiger partial charge in [0.05, 0.1) is 42.9 Å². The number of aromatic amines is 1. The number of sulfone groups is 1. The SMILES string of the molecule is Cc1ccsc1-c1ccc(C2(C)N=C(C3CC(O)CN3C(=O)C(c3cc(OCCCCCNC(=O)c4cc5c(cc4CS(C)(=O)=O)-c4cn(C)c(=O)c6[nH]cc(c46)CN5c4ncc(F)cc4F)no3)C(C)C)NC2=O)cc1. The molecule has 18 nitrogen and oxygen atoms in total. The summed E-state index contributed by atoms with van der Waals surface area (Å²) in [5.41, 5.74) is 3.67. The summed E-state index contributed by atoms with van der Waals surface area (Å²) in [7, 11) is -2.13. The minimum atomic E-state index is -3.70. The molecule has 10 rings (SSSR count). The normalized spacial score (nSPS) is 18.6. The molecular weight excluding hydrogens is 1030 g/mol. The maximum Gasteiger partial charge on any atom is 0.274 e. The Bertz CT molecular complexity index is 3680. The monoisotopic (exact) mass is 1090 g/mol. The number of carbonyl (C=O) groups is 3. The van der Waals surface area contributed by atoms with Crippen LogP contribution in [0.5, 0.6) is 5.88 Å². The van der Waals surface area contributed by atoms with Gasteiger partial charge in [-0.3, -0.25) is 19.2 Å². The molecule has 0 aliphatic carbocycles. The molecule has 3 aliphatic rings. The number of halogens is 2. The molecule has 4 unspecified atom stereocenters. The molecule has 2 aromatic carbocycles. The molecule has 77 heavy (non-hydrogen) atoms. The van der Waals surface area contributed by atoms with Gasteiger partial charge in [-0.05, 0) is 95.6 Å². The summed E-state index contributed by atoms with van der Waals surface area (Å²) in [6, 6.07) is 14.5. The molecule has 3 aliphatic heterocycles. The summed E-state index contributed by atoms with van der Waals surface area (Å²) < 4.78 is 68.5. The van der Waals surface area contributed by atoms with Gasteiger partial charge in [0, 0.05) is 84.3 Å². The highest BCUT2D eigenvalue weighted by atomic mass is 32.2. The van der Waals surface area contributed by atoms with E-state index in [1.54, 1.807) is 54.7 Å². The molecule has 7 aromatic rings. The number of pyridine rings is 2. The molecule has 8 heterocycles. The number of thiophene rings is 1. The van der Waals surface area contributed by atoms with E-state index in [2.05, 4.69) is 38.7 Å². The van der Waals surface area contributed by atoms with Gasteiger partial charge >= 0.3 is 0 Å². The number of anilines is 2. The molecule has 0 radical (unpaired) electrons. The van der Waals surface area contributed by atoms with Gasteiger partial charge in [-0.1, -0.05) is 38.1 Å². The van der Waals surface area contributed by atoms with Crippen molar-refractivity contribution in [1.82, 2.24) is 35.2 Å². The number of fused-ring (bicyclic) bond motifs is 2. The molecule has 4 N–H and O–H groups in total. The highest BCUT2D eigenvalue weighted by Crippen LogP contribution is 2.45. The van der Waals surface area contributed by atoms with Crippen molar-refractivity contribution in [2.75, 3.05) is 30.9 Å². The van der Waals surface area contributed by atoms with Gasteiger partial charge < -0.3 is 44.4 Å². The Morgan fingerprint density at radius 1 is 1.06 bits per heavy atom. The highest BCUT2D eigenvalue weighted by molar-refractivity contribution is 7.89. The zero-order chi connectivity index (χ0) is 54.7. The topological polar surface area (TPSA) is 234 Å². The first-order valence-electron chi connectivity index (χ1n) is 25.2. The molecular formula is C55H57F2N9O9S2. The second-order valence-corrected chi connectivity index (χ2v) is 23.6. The predicted molar refractivity (Wildman–Crippen MR) is 287 cm³/mol. The lowest BCUT2D eigenvalue weighted by Gasteiger charge is -2.29. The number of carbonyl (C=O) groups excluding carboxylic acids is 3. The standard InChI is InChI=1S/C55H57F2N9O9S2/c1-29(2)45(52(69)66-26-36(67)20-42(66)49-61-54(71)55(4,62-49)34-12-10-31(11-13-34)48-30(3)14-17-76-48)43-22-44(63-75-43)74-16-9-7-8-15-58-51(68)37-21-41-38(18-32(37)28-77(6,72)73)39-27-64(5)53(70)47-46(39)33(23-59-47)25-65(41)50-40(57)19-35(56)24-60-50/h10-14,17-19,21-24,27,29,36,42,45,59,67H,7-9,15-16,20,25-26,28H2,1-6H3,(H,58,68)(H,61,62,71). The van der Waals surface area contributed by atoms with Gasteiger partial charge in [-0.25, -0.2) is 27.2 Å². The van der Waals surface area contributed by atoms with Crippen molar-refractivity contribution >= 4 is 67.1 Å². The van der Waals surface area contributed by atoms with Crippen molar-refractivity contribution in [2.24, 2.45) is 18.0 Å². The summed E-state index contributed by atoms with van der Waals surface area (Å²) in [6.07, 6.45) is 6.14. The van der Waals surface area contributed by atoms with Crippen molar-refractivity contribution in [3.8, 4) is 27.4 Å². The molecule has 3 amide bonds. The lowest BCUT2D eigenvalue weighted by Crippen LogP contribution is -2.48. The predicted octanol–water partition coefficient (Wildman–Crippen LogP) is 7.55. The number of hydrogen-bond acceptors (Lipinski definition) is 14. The molecule has 22 heteroatoms. The van der Waals surface area contributed by atoms with Crippen molar-refractivity contribution in [3.63, 3.8) is 0 Å². The van der Waals surface area contributed by atoms with Crippen LogP contribution < -0.4 is 25.8 Å². The number of aliphatic hydroxyl groups is 1. The average Bonchev–Trinajstić information content (AvgIpc) is 4.34. The highest BCUT2D eigenvalue weighted by Gasteiger charge is 2.48. The van der Waals surface area contributed by atoms with Gasteiger partial charge in [0.1, 0.15) is 23.1 Å². The lowest BCUT2D eigenvalue weighted by molar-refractivity contribution is -0.134. The lowest BCUT2D eigenvalue weighted by atomic mass is 9.91. The van der Waals surface area contributed by atoms with E-state index in [1.807, 2.05) is 43.5 Å². The fourth-order valence-electron chi connectivity index (χ4n) is 10.6. The molecule has 5 aromatic heterocycles. The number of ether oxygens (including phenoxy) is 1. The number of amides is 3. The molecule has 0 spiro atoms. The molecule has 0 saturated carbocycles. The van der Waals surface area contributed by atoms with Crippen molar-refractivity contribution in [2.45, 2.75) is 89.3 Å². The number of nitrogens with zero attached hydrogens (tertiary/aromatic N) is 6. The van der Waals surface area contributed by atoms with Crippen molar-refractivity contribution in [1.29, 1.82) is 0 Å². The molecule has 402 valence electrons. The second-order valence-electron chi connectivity index (χ2n) is 20.5. The Labute approximate surface area is 446 Å². The van der Waals surface area contributed by atoms with Crippen LogP contribution in [0.2, 0.25) is 0 Å². The molecule has 4 atom stereocenters. The minimum absolute atomic E-state index is 0.0274. The van der Waals surface area contributed by atoms with Crippen LogP contribution in [0.3, 0.4) is 0 Å². The third-order valence-electron chi connectivity index (χ3n) is 14.5. The van der Waals surface area contributed by atoms with Gasteiger partial charge in [-0.2, -0.15) is 0 Å². The van der Waals surface area contributed by atoms with Crippen molar-refractivity contribution < 1.29 is 45.9 Å². The number of β-amino-alcohol motifs (C(OH)–C–C–N with tert-alkyl or cyclic N) is 1. The summed E-state index contributed by atoms with van der Waals surface area (Å²) in [5.74, 6) is -4.12. The van der Waals surface area contributed by atoms with Gasteiger partial charge in [-0.15, -0.1) is 11.3 Å². The molecule has 1 saturated heterocycles. The number of hydrogen-bond donors (Lipinski definition) is 4. The number of H-pyrrole nitrogens is 1. The smallest absolute Gasteiger partial charge is 0.274 e. The van der Waals surface area contributed by atoms with Crippen LogP contribution in [0.25, 0.3) is 32.5 Å². The van der Waals surface area contributed by atoms with Crippen LogP contribution >= 0.6 is 11.3 Å².